The second kappa shape index (κ2) is 8.30. The van der Waals surface area contributed by atoms with Gasteiger partial charge in [-0.3, -0.25) is 9.89 Å². The van der Waals surface area contributed by atoms with E-state index >= 15 is 0 Å². The summed E-state index contributed by atoms with van der Waals surface area (Å²) in [7, 11) is 0. The molecule has 0 unspecified atom stereocenters. The van der Waals surface area contributed by atoms with Gasteiger partial charge in [0, 0.05) is 34.3 Å². The fraction of sp³-hybridized carbons (Fsp3) is 0.400. The molecule has 3 N–H and O–H groups in total. The number of carbonyl (C=O) groups is 1. The fourth-order valence-corrected chi connectivity index (χ4v) is 5.20. The molecule has 3 aromatic rings. The number of H-pyrrole nitrogens is 1. The molecule has 176 valence electrons. The van der Waals surface area contributed by atoms with Gasteiger partial charge in [0.1, 0.15) is 22.3 Å². The molecular formula is C25H27FN6OS. The van der Waals surface area contributed by atoms with E-state index in [1.165, 1.54) is 11.8 Å². The number of rotatable bonds is 8. The van der Waals surface area contributed by atoms with Crippen LogP contribution >= 0.6 is 11.8 Å². The van der Waals surface area contributed by atoms with E-state index < -0.39 is 5.67 Å². The number of amides is 1. The zero-order valence-electron chi connectivity index (χ0n) is 19.0. The molecule has 3 fully saturated rings. The Bertz CT molecular complexity index is 1210. The second-order valence-corrected chi connectivity index (χ2v) is 10.7. The Balaban J connectivity index is 1.20. The van der Waals surface area contributed by atoms with Crippen LogP contribution in [0.3, 0.4) is 0 Å². The van der Waals surface area contributed by atoms with Crippen molar-refractivity contribution in [2.45, 2.75) is 48.2 Å². The van der Waals surface area contributed by atoms with Crippen molar-refractivity contribution in [1.29, 1.82) is 0 Å². The summed E-state index contributed by atoms with van der Waals surface area (Å²) in [4.78, 5) is 19.9. The number of carbonyl (C=O) groups excluding carboxylic acids is 1. The van der Waals surface area contributed by atoms with Crippen molar-refractivity contribution in [3.63, 3.8) is 0 Å². The van der Waals surface area contributed by atoms with E-state index in [1.807, 2.05) is 49.4 Å². The first kappa shape index (κ1) is 21.5. The van der Waals surface area contributed by atoms with Crippen LogP contribution in [0.15, 0.2) is 52.4 Å². The van der Waals surface area contributed by atoms with Crippen molar-refractivity contribution in [2.75, 3.05) is 28.6 Å². The Morgan fingerprint density at radius 1 is 1.15 bits per heavy atom. The minimum Gasteiger partial charge on any atom is -0.365 e. The van der Waals surface area contributed by atoms with Crippen LogP contribution < -0.4 is 15.5 Å². The number of alkyl halides is 1. The highest BCUT2D eigenvalue weighted by Crippen LogP contribution is 2.48. The van der Waals surface area contributed by atoms with Gasteiger partial charge in [0.25, 0.3) is 0 Å². The molecule has 3 heterocycles. The number of hydrogen-bond acceptors (Lipinski definition) is 6. The summed E-state index contributed by atoms with van der Waals surface area (Å²) in [6.45, 7) is 2.79. The van der Waals surface area contributed by atoms with Gasteiger partial charge in [-0.1, -0.05) is 11.8 Å². The van der Waals surface area contributed by atoms with Gasteiger partial charge in [-0.05, 0) is 68.9 Å². The molecule has 0 spiro atoms. The molecule has 2 aromatic heterocycles. The lowest BCUT2D eigenvalue weighted by Gasteiger charge is -2.46. The number of aromatic amines is 1. The summed E-state index contributed by atoms with van der Waals surface area (Å²) in [5, 5.41) is 14.2. The van der Waals surface area contributed by atoms with Crippen molar-refractivity contribution in [3.8, 4) is 0 Å². The third-order valence-corrected chi connectivity index (χ3v) is 7.56. The van der Waals surface area contributed by atoms with Crippen LogP contribution in [0.1, 0.15) is 31.4 Å². The highest BCUT2D eigenvalue weighted by molar-refractivity contribution is 7.99. The van der Waals surface area contributed by atoms with Gasteiger partial charge < -0.3 is 15.5 Å². The molecule has 2 aliphatic carbocycles. The zero-order chi connectivity index (χ0) is 23.3. The molecular weight excluding hydrogens is 451 g/mol. The predicted octanol–water partition coefficient (Wildman–Crippen LogP) is 5.29. The minimum absolute atomic E-state index is 0.101. The summed E-state index contributed by atoms with van der Waals surface area (Å²) in [5.41, 5.74) is 1.60. The van der Waals surface area contributed by atoms with E-state index in [2.05, 4.69) is 25.7 Å². The van der Waals surface area contributed by atoms with Gasteiger partial charge in [-0.25, -0.2) is 9.37 Å². The van der Waals surface area contributed by atoms with Gasteiger partial charge in [-0.2, -0.15) is 5.10 Å². The molecule has 1 amide bonds. The molecule has 7 nitrogen and oxygen atoms in total. The van der Waals surface area contributed by atoms with E-state index in [0.29, 0.717) is 18.9 Å². The summed E-state index contributed by atoms with van der Waals surface area (Å²) in [6, 6.07) is 13.7. The van der Waals surface area contributed by atoms with E-state index in [0.717, 1.165) is 58.5 Å². The van der Waals surface area contributed by atoms with E-state index in [1.54, 1.807) is 0 Å². The molecule has 34 heavy (non-hydrogen) atoms. The molecule has 0 atom stereocenters. The smallest absolute Gasteiger partial charge is 0.227 e. The van der Waals surface area contributed by atoms with Crippen LogP contribution in [0.5, 0.6) is 0 Å². The number of nitrogens with zero attached hydrogens (tertiary/aromatic N) is 3. The third kappa shape index (κ3) is 4.61. The SMILES string of the molecule is Cc1cc(Nc2cc(N3CC(F)(C4CC4)C3)cc(Sc3ccc(NC(=O)C4CC4)cc3)n2)[nH]n1. The molecule has 9 heteroatoms. The molecule has 6 rings (SSSR count). The number of aryl methyl sites for hydroxylation is 1. The van der Waals surface area contributed by atoms with Crippen molar-refractivity contribution >= 4 is 40.7 Å². The van der Waals surface area contributed by atoms with E-state index in [4.69, 9.17) is 4.98 Å². The monoisotopic (exact) mass is 478 g/mol. The first-order chi connectivity index (χ1) is 16.4. The Labute approximate surface area is 201 Å². The number of anilines is 4. The molecule has 3 aliphatic rings. The lowest BCUT2D eigenvalue weighted by atomic mass is 9.90. The summed E-state index contributed by atoms with van der Waals surface area (Å²) < 4.78 is 15.0. The number of benzene rings is 1. The lowest BCUT2D eigenvalue weighted by molar-refractivity contribution is -0.117. The Kier molecular flexibility index (Phi) is 5.24. The predicted molar refractivity (Wildman–Crippen MR) is 132 cm³/mol. The van der Waals surface area contributed by atoms with Crippen molar-refractivity contribution in [1.82, 2.24) is 15.2 Å². The van der Waals surface area contributed by atoms with Crippen LogP contribution in [0, 0.1) is 18.8 Å². The fourth-order valence-electron chi connectivity index (χ4n) is 4.36. The Hall–Kier alpha value is -3.07. The first-order valence-electron chi connectivity index (χ1n) is 11.8. The van der Waals surface area contributed by atoms with Gasteiger partial charge in [-0.15, -0.1) is 0 Å². The Morgan fingerprint density at radius 3 is 2.56 bits per heavy atom. The number of nitrogens with one attached hydrogen (secondary N) is 3. The summed E-state index contributed by atoms with van der Waals surface area (Å²) in [5.74, 6) is 1.94. The highest BCUT2D eigenvalue weighted by atomic mass is 32.2. The van der Waals surface area contributed by atoms with Gasteiger partial charge in [0.05, 0.1) is 18.8 Å². The van der Waals surface area contributed by atoms with Gasteiger partial charge in [0.15, 0.2) is 0 Å². The van der Waals surface area contributed by atoms with Crippen molar-refractivity contribution in [3.05, 3.63) is 48.2 Å². The Morgan fingerprint density at radius 2 is 1.91 bits per heavy atom. The molecule has 0 radical (unpaired) electrons. The summed E-state index contributed by atoms with van der Waals surface area (Å²) in [6.07, 6.45) is 3.98. The summed E-state index contributed by atoms with van der Waals surface area (Å²) >= 11 is 1.54. The number of hydrogen-bond donors (Lipinski definition) is 3. The molecule has 1 aliphatic heterocycles. The molecule has 1 aromatic carbocycles. The van der Waals surface area contributed by atoms with Gasteiger partial charge >= 0.3 is 0 Å². The first-order valence-corrected chi connectivity index (χ1v) is 12.6. The normalized spacial score (nSPS) is 18.9. The number of pyridine rings is 1. The number of aromatic nitrogens is 3. The van der Waals surface area contributed by atoms with Gasteiger partial charge in [0.2, 0.25) is 5.91 Å². The van der Waals surface area contributed by atoms with Crippen LogP contribution in [0.4, 0.5) is 27.4 Å². The number of halogens is 1. The van der Waals surface area contributed by atoms with Crippen LogP contribution in [0.25, 0.3) is 0 Å². The van der Waals surface area contributed by atoms with Crippen LogP contribution in [-0.4, -0.2) is 39.8 Å². The largest absolute Gasteiger partial charge is 0.365 e. The average Bonchev–Trinajstić information content (AvgIpc) is 3.71. The maximum atomic E-state index is 15.0. The van der Waals surface area contributed by atoms with Crippen LogP contribution in [-0.2, 0) is 4.79 Å². The third-order valence-electron chi connectivity index (χ3n) is 6.63. The average molecular weight is 479 g/mol. The second-order valence-electron chi connectivity index (χ2n) is 9.65. The zero-order valence-corrected chi connectivity index (χ0v) is 19.8. The van der Waals surface area contributed by atoms with Crippen molar-refractivity contribution < 1.29 is 9.18 Å². The quantitative estimate of drug-likeness (QED) is 0.408. The maximum absolute atomic E-state index is 15.0. The lowest BCUT2D eigenvalue weighted by Crippen LogP contribution is -2.60. The molecule has 2 saturated carbocycles. The van der Waals surface area contributed by atoms with E-state index in [9.17, 15) is 9.18 Å². The topological polar surface area (TPSA) is 85.9 Å². The standard InChI is InChI=1S/C25H27FN6OS/c1-15-10-22(31-30-15)28-21-11-19(32-13-25(26,14-32)17-4-5-17)12-23(29-21)34-20-8-6-18(7-9-20)27-24(33)16-2-3-16/h6-12,16-17H,2-5,13-14H2,1H3,(H,27,33)(H2,28,29,30,31). The van der Waals surface area contributed by atoms with Crippen molar-refractivity contribution in [2.24, 2.45) is 11.8 Å². The van der Waals surface area contributed by atoms with E-state index in [-0.39, 0.29) is 17.7 Å². The molecule has 0 bridgehead atoms. The minimum atomic E-state index is -1.05. The maximum Gasteiger partial charge on any atom is 0.227 e. The molecule has 1 saturated heterocycles. The highest BCUT2D eigenvalue weighted by Gasteiger charge is 2.54. The van der Waals surface area contributed by atoms with Crippen LogP contribution in [0.2, 0.25) is 0 Å².